The average Bonchev–Trinajstić information content (AvgIpc) is 3.27. The van der Waals surface area contributed by atoms with Gasteiger partial charge >= 0.3 is 0 Å². The summed E-state index contributed by atoms with van der Waals surface area (Å²) in [6, 6.07) is 12.7. The molecule has 0 spiro atoms. The first-order valence-corrected chi connectivity index (χ1v) is 12.3. The average molecular weight is 463 g/mol. The van der Waals surface area contributed by atoms with Crippen LogP contribution in [-0.4, -0.2) is 43.1 Å². The van der Waals surface area contributed by atoms with Crippen LogP contribution in [0.2, 0.25) is 0 Å². The minimum Gasteiger partial charge on any atom is -0.299 e. The van der Waals surface area contributed by atoms with Crippen molar-refractivity contribution in [3.05, 3.63) is 70.3 Å². The molecule has 4 rings (SSSR count). The maximum absolute atomic E-state index is 13.0. The Morgan fingerprint density at radius 3 is 2.52 bits per heavy atom. The number of H-pyrrole nitrogens is 1. The van der Waals surface area contributed by atoms with Crippen LogP contribution in [0.1, 0.15) is 18.4 Å². The van der Waals surface area contributed by atoms with Crippen LogP contribution in [0.25, 0.3) is 10.6 Å². The van der Waals surface area contributed by atoms with Crippen LogP contribution in [0, 0.1) is 11.7 Å². The highest BCUT2D eigenvalue weighted by atomic mass is 32.2. The lowest BCUT2D eigenvalue weighted by Crippen LogP contribution is -2.38. The van der Waals surface area contributed by atoms with Gasteiger partial charge in [0.05, 0.1) is 4.88 Å². The Morgan fingerprint density at radius 2 is 1.84 bits per heavy atom. The highest BCUT2D eigenvalue weighted by Gasteiger charge is 2.23. The molecule has 1 aromatic carbocycles. The maximum atomic E-state index is 13.0. The van der Waals surface area contributed by atoms with Gasteiger partial charge in [-0.1, -0.05) is 12.1 Å². The monoisotopic (exact) mass is 462 g/mol. The van der Waals surface area contributed by atoms with Gasteiger partial charge in [0.2, 0.25) is 10.0 Å². The van der Waals surface area contributed by atoms with E-state index in [0.717, 1.165) is 49.4 Å². The second-order valence-electron chi connectivity index (χ2n) is 7.62. The number of aromatic amines is 1. The molecule has 2 N–H and O–H groups in total. The van der Waals surface area contributed by atoms with Gasteiger partial charge in [0, 0.05) is 19.2 Å². The van der Waals surface area contributed by atoms with E-state index >= 15 is 0 Å². The molecule has 31 heavy (non-hydrogen) atoms. The lowest BCUT2D eigenvalue weighted by Gasteiger charge is -2.32. The number of aromatic nitrogens is 2. The predicted octanol–water partition coefficient (Wildman–Crippen LogP) is 2.83. The fraction of sp³-hybridized carbons (Fsp3) is 0.333. The SMILES string of the molecule is O=c1ccc(-c2ccc(S(=O)(=O)NCC3CCN(Cc4ccc(F)cc4)CC3)s2)n[nH]1. The van der Waals surface area contributed by atoms with Crippen LogP contribution < -0.4 is 10.3 Å². The van der Waals surface area contributed by atoms with Crippen LogP contribution in [0.5, 0.6) is 0 Å². The van der Waals surface area contributed by atoms with Crippen LogP contribution in [0.3, 0.4) is 0 Å². The molecule has 1 fully saturated rings. The second-order valence-corrected chi connectivity index (χ2v) is 10.7. The summed E-state index contributed by atoms with van der Waals surface area (Å²) in [6.07, 6.45) is 1.81. The van der Waals surface area contributed by atoms with Crippen molar-refractivity contribution in [1.82, 2.24) is 19.8 Å². The molecule has 1 aliphatic heterocycles. The van der Waals surface area contributed by atoms with Crippen LogP contribution >= 0.6 is 11.3 Å². The number of nitrogens with one attached hydrogen (secondary N) is 2. The zero-order valence-corrected chi connectivity index (χ0v) is 18.4. The third-order valence-corrected chi connectivity index (χ3v) is 8.39. The van der Waals surface area contributed by atoms with Crippen LogP contribution in [0.4, 0.5) is 4.39 Å². The van der Waals surface area contributed by atoms with E-state index in [1.807, 2.05) is 0 Å². The number of nitrogens with zero attached hydrogens (tertiary/aromatic N) is 2. The fourth-order valence-electron chi connectivity index (χ4n) is 3.58. The van der Waals surface area contributed by atoms with Crippen molar-refractivity contribution >= 4 is 21.4 Å². The van der Waals surface area contributed by atoms with Crippen molar-refractivity contribution in [1.29, 1.82) is 0 Å². The number of likely N-dealkylation sites (tertiary alicyclic amines) is 1. The summed E-state index contributed by atoms with van der Waals surface area (Å²) in [5, 5.41) is 6.29. The fourth-order valence-corrected chi connectivity index (χ4v) is 6.02. The molecule has 7 nitrogen and oxygen atoms in total. The highest BCUT2D eigenvalue weighted by Crippen LogP contribution is 2.29. The molecule has 0 unspecified atom stereocenters. The van der Waals surface area contributed by atoms with Crippen molar-refractivity contribution in [3.8, 4) is 10.6 Å². The molecule has 1 saturated heterocycles. The van der Waals surface area contributed by atoms with Crippen molar-refractivity contribution in [2.45, 2.75) is 23.6 Å². The Hall–Kier alpha value is -2.40. The normalized spacial score (nSPS) is 15.9. The van der Waals surface area contributed by atoms with Crippen LogP contribution in [-0.2, 0) is 16.6 Å². The third kappa shape index (κ3) is 5.65. The molecule has 0 amide bonds. The molecule has 0 radical (unpaired) electrons. The second kappa shape index (κ2) is 9.39. The summed E-state index contributed by atoms with van der Waals surface area (Å²) in [5.41, 5.74) is 1.30. The number of thiophene rings is 1. The highest BCUT2D eigenvalue weighted by molar-refractivity contribution is 7.91. The largest absolute Gasteiger partial charge is 0.299 e. The van der Waals surface area contributed by atoms with Crippen LogP contribution in [0.15, 0.2) is 57.5 Å². The van der Waals surface area contributed by atoms with Crippen molar-refractivity contribution < 1.29 is 12.8 Å². The third-order valence-electron chi connectivity index (χ3n) is 5.37. The Morgan fingerprint density at radius 1 is 1.10 bits per heavy atom. The first-order valence-electron chi connectivity index (χ1n) is 10.0. The standard InChI is InChI=1S/C21H23FN4O3S2/c22-17-3-1-16(2-4-17)14-26-11-9-15(10-12-26)13-23-31(28,29)21-8-6-19(30-21)18-5-7-20(27)25-24-18/h1-8,15,23H,9-14H2,(H,25,27). The van der Waals surface area contributed by atoms with Gasteiger partial charge in [0.15, 0.2) is 0 Å². The molecule has 3 aromatic rings. The molecule has 0 saturated carbocycles. The Kier molecular flexibility index (Phi) is 6.61. The van der Waals surface area contributed by atoms with E-state index in [0.29, 0.717) is 17.1 Å². The van der Waals surface area contributed by atoms with E-state index < -0.39 is 10.0 Å². The Balaban J connectivity index is 1.29. The first-order chi connectivity index (χ1) is 14.9. The van der Waals surface area contributed by atoms with Gasteiger partial charge in [0.25, 0.3) is 5.56 Å². The summed E-state index contributed by atoms with van der Waals surface area (Å²) in [4.78, 5) is 14.1. The van der Waals surface area contributed by atoms with Gasteiger partial charge in [-0.05, 0) is 67.7 Å². The van der Waals surface area contributed by atoms with Gasteiger partial charge in [-0.2, -0.15) is 5.10 Å². The van der Waals surface area contributed by atoms with E-state index in [-0.39, 0.29) is 21.5 Å². The van der Waals surface area contributed by atoms with Gasteiger partial charge < -0.3 is 0 Å². The molecular weight excluding hydrogens is 439 g/mol. The van der Waals surface area contributed by atoms with Crippen molar-refractivity contribution in [2.24, 2.45) is 5.92 Å². The molecule has 3 heterocycles. The smallest absolute Gasteiger partial charge is 0.264 e. The lowest BCUT2D eigenvalue weighted by molar-refractivity contribution is 0.178. The summed E-state index contributed by atoms with van der Waals surface area (Å²) in [7, 11) is -3.60. The number of hydrogen-bond donors (Lipinski definition) is 2. The molecule has 0 aliphatic carbocycles. The summed E-state index contributed by atoms with van der Waals surface area (Å²) in [6.45, 7) is 2.93. The molecule has 1 aliphatic rings. The molecular formula is C21H23FN4O3S2. The molecule has 164 valence electrons. The van der Waals surface area contributed by atoms with E-state index in [1.165, 1.54) is 18.2 Å². The minimum atomic E-state index is -3.60. The maximum Gasteiger partial charge on any atom is 0.264 e. The van der Waals surface area contributed by atoms with Gasteiger partial charge in [-0.3, -0.25) is 9.69 Å². The zero-order valence-electron chi connectivity index (χ0n) is 16.8. The topological polar surface area (TPSA) is 95.2 Å². The molecule has 0 bridgehead atoms. The lowest BCUT2D eigenvalue weighted by atomic mass is 9.97. The van der Waals surface area contributed by atoms with Gasteiger partial charge in [0.1, 0.15) is 15.7 Å². The number of sulfonamides is 1. The van der Waals surface area contributed by atoms with Gasteiger partial charge in [-0.25, -0.2) is 22.6 Å². The number of rotatable bonds is 7. The Labute approximate surface area is 184 Å². The molecule has 10 heteroatoms. The van der Waals surface area contributed by atoms with E-state index in [1.54, 1.807) is 30.3 Å². The first kappa shape index (κ1) is 21.8. The predicted molar refractivity (Wildman–Crippen MR) is 118 cm³/mol. The zero-order chi connectivity index (χ0) is 21.8. The number of piperidine rings is 1. The number of halogens is 1. The minimum absolute atomic E-state index is 0.226. The quantitative estimate of drug-likeness (QED) is 0.563. The van der Waals surface area contributed by atoms with E-state index in [2.05, 4.69) is 19.8 Å². The molecule has 2 aromatic heterocycles. The number of hydrogen-bond acceptors (Lipinski definition) is 6. The number of benzene rings is 1. The Bertz CT molecular complexity index is 1160. The van der Waals surface area contributed by atoms with Gasteiger partial charge in [-0.15, -0.1) is 11.3 Å². The van der Waals surface area contributed by atoms with Crippen molar-refractivity contribution in [2.75, 3.05) is 19.6 Å². The molecule has 0 atom stereocenters. The van der Waals surface area contributed by atoms with E-state index in [9.17, 15) is 17.6 Å². The van der Waals surface area contributed by atoms with E-state index in [4.69, 9.17) is 0 Å². The van der Waals surface area contributed by atoms with Crippen molar-refractivity contribution in [3.63, 3.8) is 0 Å². The summed E-state index contributed by atoms with van der Waals surface area (Å²) < 4.78 is 41.4. The summed E-state index contributed by atoms with van der Waals surface area (Å²) in [5.74, 6) is 0.0436. The summed E-state index contributed by atoms with van der Waals surface area (Å²) >= 11 is 1.12.